The van der Waals surface area contributed by atoms with Crippen LogP contribution >= 0.6 is 11.6 Å². The first-order chi connectivity index (χ1) is 10.1. The number of aromatic amines is 1. The van der Waals surface area contributed by atoms with Gasteiger partial charge in [-0.2, -0.15) is 0 Å². The van der Waals surface area contributed by atoms with Crippen molar-refractivity contribution in [1.82, 2.24) is 14.9 Å². The Morgan fingerprint density at radius 1 is 1.29 bits per heavy atom. The van der Waals surface area contributed by atoms with Crippen molar-refractivity contribution in [2.24, 2.45) is 0 Å². The summed E-state index contributed by atoms with van der Waals surface area (Å²) in [5.74, 6) is -0.000468. The second-order valence-corrected chi connectivity index (χ2v) is 5.57. The number of anilines is 1. The van der Waals surface area contributed by atoms with Gasteiger partial charge in [0.05, 0.1) is 6.33 Å². The largest absolute Gasteiger partial charge is 0.368 e. The van der Waals surface area contributed by atoms with Crippen molar-refractivity contribution in [3.63, 3.8) is 0 Å². The average Bonchev–Trinajstić information content (AvgIpc) is 2.93. The highest BCUT2D eigenvalue weighted by atomic mass is 35.5. The van der Waals surface area contributed by atoms with Crippen LogP contribution < -0.4 is 4.90 Å². The zero-order valence-electron chi connectivity index (χ0n) is 11.8. The fourth-order valence-electron chi connectivity index (χ4n) is 2.56. The highest BCUT2D eigenvalue weighted by molar-refractivity contribution is 6.30. The lowest BCUT2D eigenvalue weighted by Crippen LogP contribution is -2.49. The van der Waals surface area contributed by atoms with Crippen molar-refractivity contribution >= 4 is 23.2 Å². The van der Waals surface area contributed by atoms with Crippen LogP contribution in [0.1, 0.15) is 16.2 Å². The van der Waals surface area contributed by atoms with Crippen LogP contribution in [0.2, 0.25) is 5.02 Å². The summed E-state index contributed by atoms with van der Waals surface area (Å²) in [6.45, 7) is 4.85. The molecule has 1 N–H and O–H groups in total. The third kappa shape index (κ3) is 2.88. The molecule has 0 spiro atoms. The van der Waals surface area contributed by atoms with Gasteiger partial charge in [0, 0.05) is 42.6 Å². The molecule has 0 saturated carbocycles. The lowest BCUT2D eigenvalue weighted by atomic mass is 10.2. The lowest BCUT2D eigenvalue weighted by molar-refractivity contribution is 0.0740. The van der Waals surface area contributed by atoms with Crippen molar-refractivity contribution in [1.29, 1.82) is 0 Å². The van der Waals surface area contributed by atoms with E-state index in [1.54, 1.807) is 6.33 Å². The molecule has 1 amide bonds. The summed E-state index contributed by atoms with van der Waals surface area (Å²) in [7, 11) is 0. The Balaban J connectivity index is 1.65. The van der Waals surface area contributed by atoms with Gasteiger partial charge in [-0.05, 0) is 25.1 Å². The first-order valence-corrected chi connectivity index (χ1v) is 7.33. The SMILES string of the molecule is Cc1[nH]cnc1C(=O)N1CCN(c2cccc(Cl)c2)CC1. The molecule has 1 aliphatic rings. The number of amides is 1. The maximum atomic E-state index is 12.4. The summed E-state index contributed by atoms with van der Waals surface area (Å²) < 4.78 is 0. The molecule has 2 aromatic rings. The van der Waals surface area contributed by atoms with Gasteiger partial charge in [0.25, 0.3) is 5.91 Å². The Kier molecular flexibility index (Phi) is 3.84. The van der Waals surface area contributed by atoms with Crippen molar-refractivity contribution in [2.75, 3.05) is 31.1 Å². The van der Waals surface area contributed by atoms with Crippen molar-refractivity contribution < 1.29 is 4.79 Å². The van der Waals surface area contributed by atoms with Crippen LogP contribution in [0, 0.1) is 6.92 Å². The second kappa shape index (κ2) is 5.77. The molecule has 6 heteroatoms. The molecule has 0 radical (unpaired) electrons. The molecule has 0 bridgehead atoms. The van der Waals surface area contributed by atoms with Gasteiger partial charge in [-0.3, -0.25) is 4.79 Å². The van der Waals surface area contributed by atoms with Gasteiger partial charge in [-0.25, -0.2) is 4.98 Å². The van der Waals surface area contributed by atoms with Crippen LogP contribution in [-0.2, 0) is 0 Å². The van der Waals surface area contributed by atoms with Gasteiger partial charge in [0.15, 0.2) is 0 Å². The highest BCUT2D eigenvalue weighted by Gasteiger charge is 2.24. The molecule has 0 unspecified atom stereocenters. The first kappa shape index (κ1) is 13.9. The van der Waals surface area contributed by atoms with Gasteiger partial charge < -0.3 is 14.8 Å². The molecule has 0 atom stereocenters. The van der Waals surface area contributed by atoms with Gasteiger partial charge >= 0.3 is 0 Å². The Morgan fingerprint density at radius 2 is 2.05 bits per heavy atom. The van der Waals surface area contributed by atoms with E-state index >= 15 is 0 Å². The molecule has 21 heavy (non-hydrogen) atoms. The van der Waals surface area contributed by atoms with Crippen LogP contribution in [0.25, 0.3) is 0 Å². The van der Waals surface area contributed by atoms with Gasteiger partial charge in [0.2, 0.25) is 0 Å². The third-order valence-corrected chi connectivity index (χ3v) is 4.01. The van der Waals surface area contributed by atoms with Gasteiger partial charge in [0.1, 0.15) is 5.69 Å². The number of benzene rings is 1. The van der Waals surface area contributed by atoms with Crippen molar-refractivity contribution in [3.05, 3.63) is 47.0 Å². The maximum absolute atomic E-state index is 12.4. The Bertz CT molecular complexity index is 647. The third-order valence-electron chi connectivity index (χ3n) is 3.77. The Labute approximate surface area is 128 Å². The minimum Gasteiger partial charge on any atom is -0.368 e. The summed E-state index contributed by atoms with van der Waals surface area (Å²) in [5, 5.41) is 0.734. The van der Waals surface area contributed by atoms with Crippen LogP contribution in [0.5, 0.6) is 0 Å². The van der Waals surface area contributed by atoms with Crippen molar-refractivity contribution in [2.45, 2.75) is 6.92 Å². The Morgan fingerprint density at radius 3 is 2.67 bits per heavy atom. The van der Waals surface area contributed by atoms with Crippen LogP contribution in [0.15, 0.2) is 30.6 Å². The number of carbonyl (C=O) groups excluding carboxylic acids is 1. The van der Waals surface area contributed by atoms with E-state index < -0.39 is 0 Å². The zero-order valence-corrected chi connectivity index (χ0v) is 12.6. The predicted octanol–water partition coefficient (Wildman–Crippen LogP) is 2.33. The standard InChI is InChI=1S/C15H17ClN4O/c1-11-14(18-10-17-11)15(21)20-7-5-19(6-8-20)13-4-2-3-12(16)9-13/h2-4,9-10H,5-8H2,1H3,(H,17,18). The number of imidazole rings is 1. The molecule has 1 aromatic heterocycles. The number of nitrogens with zero attached hydrogens (tertiary/aromatic N) is 3. The molecule has 110 valence electrons. The molecule has 1 aliphatic heterocycles. The lowest BCUT2D eigenvalue weighted by Gasteiger charge is -2.36. The number of H-pyrrole nitrogens is 1. The fraction of sp³-hybridized carbons (Fsp3) is 0.333. The maximum Gasteiger partial charge on any atom is 0.274 e. The zero-order chi connectivity index (χ0) is 14.8. The van der Waals surface area contributed by atoms with E-state index in [-0.39, 0.29) is 5.91 Å². The normalized spacial score (nSPS) is 15.3. The molecule has 2 heterocycles. The number of nitrogens with one attached hydrogen (secondary N) is 1. The van der Waals surface area contributed by atoms with Crippen LogP contribution in [0.3, 0.4) is 0 Å². The van der Waals surface area contributed by atoms with Crippen molar-refractivity contribution in [3.8, 4) is 0 Å². The molecule has 1 saturated heterocycles. The monoisotopic (exact) mass is 304 g/mol. The first-order valence-electron chi connectivity index (χ1n) is 6.95. The number of aromatic nitrogens is 2. The van der Waals surface area contributed by atoms with E-state index in [9.17, 15) is 4.79 Å². The molecule has 1 fully saturated rings. The summed E-state index contributed by atoms with van der Waals surface area (Å²) >= 11 is 6.03. The number of rotatable bonds is 2. The van der Waals surface area contributed by atoms with E-state index in [1.807, 2.05) is 36.1 Å². The smallest absolute Gasteiger partial charge is 0.274 e. The number of aryl methyl sites for hydroxylation is 1. The second-order valence-electron chi connectivity index (χ2n) is 5.14. The topological polar surface area (TPSA) is 52.2 Å². The summed E-state index contributed by atoms with van der Waals surface area (Å²) in [6, 6.07) is 7.81. The molecule has 0 aliphatic carbocycles. The van der Waals surface area contributed by atoms with E-state index in [0.29, 0.717) is 18.8 Å². The van der Waals surface area contributed by atoms with Crippen LogP contribution in [0.4, 0.5) is 5.69 Å². The fourth-order valence-corrected chi connectivity index (χ4v) is 2.75. The number of hydrogen-bond donors (Lipinski definition) is 1. The van der Waals surface area contributed by atoms with Gasteiger partial charge in [-0.15, -0.1) is 0 Å². The molecular formula is C15H17ClN4O. The van der Waals surface area contributed by atoms with E-state index in [4.69, 9.17) is 11.6 Å². The quantitative estimate of drug-likeness (QED) is 0.926. The number of piperazine rings is 1. The molecule has 5 nitrogen and oxygen atoms in total. The summed E-state index contributed by atoms with van der Waals surface area (Å²) in [4.78, 5) is 23.5. The molecule has 1 aromatic carbocycles. The predicted molar refractivity (Wildman–Crippen MR) is 82.9 cm³/mol. The summed E-state index contributed by atoms with van der Waals surface area (Å²) in [6.07, 6.45) is 1.56. The number of hydrogen-bond acceptors (Lipinski definition) is 3. The summed E-state index contributed by atoms with van der Waals surface area (Å²) in [5.41, 5.74) is 2.44. The Hall–Kier alpha value is -2.01. The van der Waals surface area contributed by atoms with Crippen LogP contribution in [-0.4, -0.2) is 47.0 Å². The molecular weight excluding hydrogens is 288 g/mol. The number of halogens is 1. The van der Waals surface area contributed by atoms with Gasteiger partial charge in [-0.1, -0.05) is 17.7 Å². The minimum atomic E-state index is -0.000468. The highest BCUT2D eigenvalue weighted by Crippen LogP contribution is 2.21. The number of carbonyl (C=O) groups is 1. The van der Waals surface area contributed by atoms with E-state index in [2.05, 4.69) is 14.9 Å². The van der Waals surface area contributed by atoms with E-state index in [0.717, 1.165) is 29.5 Å². The van der Waals surface area contributed by atoms with E-state index in [1.165, 1.54) is 0 Å². The molecule has 3 rings (SSSR count). The minimum absolute atomic E-state index is 0.000468. The average molecular weight is 305 g/mol.